The zero-order chi connectivity index (χ0) is 13.6. The summed E-state index contributed by atoms with van der Waals surface area (Å²) < 4.78 is 1.99. The van der Waals surface area contributed by atoms with Crippen molar-refractivity contribution in [2.75, 3.05) is 6.54 Å². The number of benzene rings is 1. The highest BCUT2D eigenvalue weighted by atomic mass is 35.5. The maximum absolute atomic E-state index is 11.0. The number of carbonyl (C=O) groups is 1. The van der Waals surface area contributed by atoms with Gasteiger partial charge in [-0.25, -0.2) is 0 Å². The van der Waals surface area contributed by atoms with Crippen LogP contribution in [0.15, 0.2) is 24.4 Å². The lowest BCUT2D eigenvalue weighted by molar-refractivity contribution is -0.141. The molecule has 1 aliphatic rings. The van der Waals surface area contributed by atoms with Crippen LogP contribution in [0.5, 0.6) is 0 Å². The molecule has 1 aromatic carbocycles. The van der Waals surface area contributed by atoms with Gasteiger partial charge in [0, 0.05) is 36.7 Å². The molecule has 1 aliphatic heterocycles. The number of halogens is 1. The molecule has 0 spiro atoms. The van der Waals surface area contributed by atoms with Crippen LogP contribution >= 0.6 is 11.6 Å². The number of aryl methyl sites for hydroxylation is 1. The molecule has 0 aliphatic carbocycles. The molecular formula is C14H15ClN2O2. The fraction of sp³-hybridized carbons (Fsp3) is 0.357. The monoisotopic (exact) mass is 278 g/mol. The van der Waals surface area contributed by atoms with Gasteiger partial charge in [0.2, 0.25) is 0 Å². The number of nitrogens with one attached hydrogen (secondary N) is 1. The molecule has 4 nitrogen and oxygen atoms in total. The Hall–Kier alpha value is -1.52. The first-order valence-corrected chi connectivity index (χ1v) is 6.64. The summed E-state index contributed by atoms with van der Waals surface area (Å²) in [6, 6.07) is 6.23. The second-order valence-corrected chi connectivity index (χ2v) is 5.50. The maximum atomic E-state index is 11.0. The molecule has 0 radical (unpaired) electrons. The van der Waals surface area contributed by atoms with Gasteiger partial charge in [-0.1, -0.05) is 17.7 Å². The molecule has 2 aromatic rings. The van der Waals surface area contributed by atoms with Gasteiger partial charge >= 0.3 is 5.97 Å². The quantitative estimate of drug-likeness (QED) is 0.888. The predicted molar refractivity (Wildman–Crippen MR) is 74.4 cm³/mol. The van der Waals surface area contributed by atoms with Gasteiger partial charge in [0.15, 0.2) is 0 Å². The van der Waals surface area contributed by atoms with E-state index >= 15 is 0 Å². The van der Waals surface area contributed by atoms with Crippen molar-refractivity contribution in [2.45, 2.75) is 12.5 Å². The van der Waals surface area contributed by atoms with Crippen molar-refractivity contribution in [3.63, 3.8) is 0 Å². The van der Waals surface area contributed by atoms with Gasteiger partial charge in [0.25, 0.3) is 0 Å². The molecule has 1 saturated heterocycles. The lowest BCUT2D eigenvalue weighted by Crippen LogP contribution is -2.17. The summed E-state index contributed by atoms with van der Waals surface area (Å²) in [7, 11) is 1.96. The minimum atomic E-state index is -0.728. The first-order chi connectivity index (χ1) is 9.06. The van der Waals surface area contributed by atoms with Crippen molar-refractivity contribution in [3.8, 4) is 0 Å². The second kappa shape index (κ2) is 4.54. The van der Waals surface area contributed by atoms with Crippen molar-refractivity contribution in [3.05, 3.63) is 35.0 Å². The summed E-state index contributed by atoms with van der Waals surface area (Å²) in [5.41, 5.74) is 2.19. The first-order valence-electron chi connectivity index (χ1n) is 6.27. The van der Waals surface area contributed by atoms with Crippen LogP contribution in [0.25, 0.3) is 10.9 Å². The van der Waals surface area contributed by atoms with Gasteiger partial charge in [-0.15, -0.1) is 0 Å². The smallest absolute Gasteiger partial charge is 0.307 e. The van der Waals surface area contributed by atoms with E-state index in [4.69, 9.17) is 16.7 Å². The summed E-state index contributed by atoms with van der Waals surface area (Å²) in [5.74, 6) is -1.03. The van der Waals surface area contributed by atoms with Crippen LogP contribution in [0.2, 0.25) is 5.02 Å². The molecule has 1 fully saturated rings. The topological polar surface area (TPSA) is 54.3 Å². The molecule has 2 heterocycles. The Labute approximate surface area is 116 Å². The third-order valence-corrected chi connectivity index (χ3v) is 4.15. The van der Waals surface area contributed by atoms with Crippen molar-refractivity contribution in [1.29, 1.82) is 0 Å². The number of carboxylic acids is 1. The van der Waals surface area contributed by atoms with Gasteiger partial charge in [-0.05, 0) is 24.1 Å². The Morgan fingerprint density at radius 2 is 2.32 bits per heavy atom. The molecule has 2 unspecified atom stereocenters. The molecule has 19 heavy (non-hydrogen) atoms. The Balaban J connectivity index is 1.94. The van der Waals surface area contributed by atoms with E-state index in [1.54, 1.807) is 0 Å². The average Bonchev–Trinajstić information content (AvgIpc) is 2.96. The fourth-order valence-corrected chi connectivity index (χ4v) is 3.05. The summed E-state index contributed by atoms with van der Waals surface area (Å²) in [6.07, 6.45) is 2.52. The van der Waals surface area contributed by atoms with E-state index in [1.165, 1.54) is 0 Å². The maximum Gasteiger partial charge on any atom is 0.307 e. The van der Waals surface area contributed by atoms with E-state index in [9.17, 15) is 4.79 Å². The third kappa shape index (κ3) is 2.11. The van der Waals surface area contributed by atoms with E-state index in [0.29, 0.717) is 13.0 Å². The van der Waals surface area contributed by atoms with Gasteiger partial charge in [0.05, 0.1) is 10.9 Å². The molecule has 2 atom stereocenters. The third-order valence-electron chi connectivity index (χ3n) is 3.85. The number of aromatic nitrogens is 1. The number of fused-ring (bicyclic) bond motifs is 1. The van der Waals surface area contributed by atoms with Crippen LogP contribution < -0.4 is 5.32 Å². The van der Waals surface area contributed by atoms with Crippen molar-refractivity contribution >= 4 is 28.5 Å². The van der Waals surface area contributed by atoms with Crippen LogP contribution in [-0.4, -0.2) is 22.2 Å². The highest BCUT2D eigenvalue weighted by Crippen LogP contribution is 2.32. The lowest BCUT2D eigenvalue weighted by Gasteiger charge is -2.11. The molecule has 5 heteroatoms. The van der Waals surface area contributed by atoms with Crippen LogP contribution in [-0.2, 0) is 11.8 Å². The highest BCUT2D eigenvalue weighted by molar-refractivity contribution is 6.35. The van der Waals surface area contributed by atoms with Crippen LogP contribution in [0.1, 0.15) is 18.0 Å². The van der Waals surface area contributed by atoms with E-state index in [2.05, 4.69) is 11.4 Å². The van der Waals surface area contributed by atoms with Gasteiger partial charge in [-0.2, -0.15) is 0 Å². The second-order valence-electron chi connectivity index (χ2n) is 5.10. The average molecular weight is 279 g/mol. The largest absolute Gasteiger partial charge is 0.481 e. The number of hydrogen-bond donors (Lipinski definition) is 2. The molecule has 0 bridgehead atoms. The number of nitrogens with zero attached hydrogens (tertiary/aromatic N) is 1. The minimum absolute atomic E-state index is 0.0989. The molecule has 1 aromatic heterocycles. The van der Waals surface area contributed by atoms with Crippen LogP contribution in [0.4, 0.5) is 0 Å². The minimum Gasteiger partial charge on any atom is -0.481 e. The number of carboxylic acid groups (broad SMARTS) is 1. The Morgan fingerprint density at radius 1 is 1.53 bits per heavy atom. The van der Waals surface area contributed by atoms with Gasteiger partial charge in [0.1, 0.15) is 0 Å². The van der Waals surface area contributed by atoms with Crippen LogP contribution in [0, 0.1) is 5.92 Å². The van der Waals surface area contributed by atoms with E-state index in [1.807, 2.05) is 29.9 Å². The Kier molecular flexibility index (Phi) is 2.99. The van der Waals surface area contributed by atoms with Crippen molar-refractivity contribution in [2.24, 2.45) is 13.0 Å². The molecule has 0 amide bonds. The summed E-state index contributed by atoms with van der Waals surface area (Å²) >= 11 is 6.20. The Bertz CT molecular complexity index is 650. The Morgan fingerprint density at radius 3 is 3.00 bits per heavy atom. The van der Waals surface area contributed by atoms with Crippen molar-refractivity contribution in [1.82, 2.24) is 9.88 Å². The van der Waals surface area contributed by atoms with E-state index in [-0.39, 0.29) is 12.0 Å². The lowest BCUT2D eigenvalue weighted by atomic mass is 9.99. The summed E-state index contributed by atoms with van der Waals surface area (Å²) in [4.78, 5) is 11.0. The number of hydrogen-bond acceptors (Lipinski definition) is 2. The van der Waals surface area contributed by atoms with E-state index < -0.39 is 5.97 Å². The standard InChI is InChI=1S/C14H15ClN2O2/c1-17-7-11(15)10-4-8(2-3-13(10)17)12-5-9(6-16-12)14(18)19/h2-4,7,9,12,16H,5-6H2,1H3,(H,18,19). The van der Waals surface area contributed by atoms with Gasteiger partial charge in [-0.3, -0.25) is 4.79 Å². The van der Waals surface area contributed by atoms with Crippen molar-refractivity contribution < 1.29 is 9.90 Å². The van der Waals surface area contributed by atoms with Gasteiger partial charge < -0.3 is 15.0 Å². The SMILES string of the molecule is Cn1cc(Cl)c2cc(C3CC(C(=O)O)CN3)ccc21. The summed E-state index contributed by atoms with van der Waals surface area (Å²) in [5, 5.41) is 14.0. The normalized spacial score (nSPS) is 23.1. The molecule has 0 saturated carbocycles. The molecule has 100 valence electrons. The molecule has 3 rings (SSSR count). The molecular weight excluding hydrogens is 264 g/mol. The van der Waals surface area contributed by atoms with E-state index in [0.717, 1.165) is 21.5 Å². The fourth-order valence-electron chi connectivity index (χ4n) is 2.76. The number of aliphatic carboxylic acids is 1. The zero-order valence-corrected chi connectivity index (χ0v) is 11.3. The molecule has 2 N–H and O–H groups in total. The highest BCUT2D eigenvalue weighted by Gasteiger charge is 2.30. The first kappa shape index (κ1) is 12.5. The van der Waals surface area contributed by atoms with Crippen LogP contribution in [0.3, 0.4) is 0 Å². The predicted octanol–water partition coefficient (Wildman–Crippen LogP) is 2.57. The summed E-state index contributed by atoms with van der Waals surface area (Å²) in [6.45, 7) is 0.528. The zero-order valence-electron chi connectivity index (χ0n) is 10.6. The number of rotatable bonds is 2.